The van der Waals surface area contributed by atoms with Crippen LogP contribution < -0.4 is 5.32 Å². The third-order valence-corrected chi connectivity index (χ3v) is 11.1. The Labute approximate surface area is 271 Å². The molecule has 1 N–H and O–H groups in total. The molecule has 3 unspecified atom stereocenters. The van der Waals surface area contributed by atoms with E-state index in [1.165, 1.54) is 37.0 Å². The van der Waals surface area contributed by atoms with Crippen LogP contribution in [0.15, 0.2) is 89.8 Å². The van der Waals surface area contributed by atoms with Gasteiger partial charge in [-0.1, -0.05) is 72.8 Å². The lowest BCUT2D eigenvalue weighted by Crippen LogP contribution is -2.53. The van der Waals surface area contributed by atoms with Gasteiger partial charge in [0.05, 0.1) is 4.91 Å². The molecule has 2 saturated heterocycles. The number of amides is 2. The van der Waals surface area contributed by atoms with Crippen molar-refractivity contribution in [3.8, 4) is 0 Å². The molecule has 1 aliphatic carbocycles. The number of carbonyl (C=O) groups is 2. The number of nitrogens with zero attached hydrogens (tertiary/aromatic N) is 2. The molecule has 3 aromatic rings. The van der Waals surface area contributed by atoms with E-state index in [1.807, 2.05) is 41.3 Å². The van der Waals surface area contributed by atoms with Gasteiger partial charge in [-0.15, -0.1) is 11.8 Å². The number of hydrogen-bond donors (Lipinski definition) is 1. The second-order valence-electron chi connectivity index (χ2n) is 12.8. The molecule has 3 fully saturated rings. The number of piperidine rings is 1. The number of likely N-dealkylation sites (tertiary alicyclic amines) is 1. The maximum atomic E-state index is 13.9. The fourth-order valence-corrected chi connectivity index (χ4v) is 8.54. The van der Waals surface area contributed by atoms with Crippen LogP contribution >= 0.6 is 11.8 Å². The Morgan fingerprint density at radius 3 is 2.33 bits per heavy atom. The highest BCUT2D eigenvalue weighted by atomic mass is 32.2. The molecule has 3 atom stereocenters. The molecule has 1 saturated carbocycles. The maximum absolute atomic E-state index is 13.9. The Morgan fingerprint density at radius 1 is 0.889 bits per heavy atom. The van der Waals surface area contributed by atoms with Crippen molar-refractivity contribution in [2.45, 2.75) is 62.8 Å². The third kappa shape index (κ3) is 8.44. The summed E-state index contributed by atoms with van der Waals surface area (Å²) in [7, 11) is 0. The third-order valence-electron chi connectivity index (χ3n) is 9.66. The number of thioether (sulfide) groups is 1. The van der Waals surface area contributed by atoms with Crippen molar-refractivity contribution >= 4 is 29.7 Å². The molecule has 5 nitrogen and oxygen atoms in total. The minimum Gasteiger partial charge on any atom is -0.356 e. The Bertz CT molecular complexity index is 1440. The molecule has 45 heavy (non-hydrogen) atoms. The van der Waals surface area contributed by atoms with Crippen LogP contribution in [0.4, 0.5) is 4.39 Å². The minimum absolute atomic E-state index is 0.0111. The van der Waals surface area contributed by atoms with E-state index in [1.54, 1.807) is 23.9 Å². The lowest BCUT2D eigenvalue weighted by molar-refractivity contribution is -0.133. The SMILES string of the molecule is O=C(NCCCN1CCC(Cc2ccccc2)CC1)C1CCC2S/C(=C\c3ccccc3)C(=O)N(Cc3ccc(F)cc3)C2C1. The highest BCUT2D eigenvalue weighted by Gasteiger charge is 2.44. The fourth-order valence-electron chi connectivity index (χ4n) is 7.12. The number of rotatable bonds is 10. The van der Waals surface area contributed by atoms with Crippen LogP contribution in [-0.4, -0.2) is 59.1 Å². The van der Waals surface area contributed by atoms with Crippen molar-refractivity contribution in [1.29, 1.82) is 0 Å². The van der Waals surface area contributed by atoms with Gasteiger partial charge in [-0.25, -0.2) is 4.39 Å². The van der Waals surface area contributed by atoms with Crippen molar-refractivity contribution in [3.63, 3.8) is 0 Å². The molecule has 7 heteroatoms. The zero-order valence-corrected chi connectivity index (χ0v) is 26.8. The van der Waals surface area contributed by atoms with E-state index in [4.69, 9.17) is 0 Å². The zero-order chi connectivity index (χ0) is 31.0. The molecule has 6 rings (SSSR count). The second-order valence-corrected chi connectivity index (χ2v) is 14.1. The summed E-state index contributed by atoms with van der Waals surface area (Å²) in [6.45, 7) is 4.37. The highest BCUT2D eigenvalue weighted by molar-refractivity contribution is 8.04. The van der Waals surface area contributed by atoms with E-state index in [0.717, 1.165) is 60.8 Å². The number of hydrogen-bond acceptors (Lipinski definition) is 4. The van der Waals surface area contributed by atoms with Crippen LogP contribution in [0.2, 0.25) is 0 Å². The Hall–Kier alpha value is -3.42. The van der Waals surface area contributed by atoms with Crippen LogP contribution in [0, 0.1) is 17.7 Å². The Balaban J connectivity index is 1.01. The first-order chi connectivity index (χ1) is 22.0. The lowest BCUT2D eigenvalue weighted by atomic mass is 9.83. The summed E-state index contributed by atoms with van der Waals surface area (Å²) in [5.74, 6) is 0.464. The molecule has 0 radical (unpaired) electrons. The standard InChI is InChI=1S/C38H44FN3O2S/c39-33-15-12-31(13-16-33)27-42-34-26-32(14-17-35(34)45-36(38(42)44)25-29-10-5-2-6-11-29)37(43)40-20-7-21-41-22-18-30(19-23-41)24-28-8-3-1-4-9-28/h1-6,8-13,15-16,25,30,32,34-35H,7,14,17-24,26-27H2,(H,40,43)/b36-25-. The van der Waals surface area contributed by atoms with Gasteiger partial charge in [0.15, 0.2) is 0 Å². The Morgan fingerprint density at radius 2 is 1.60 bits per heavy atom. The summed E-state index contributed by atoms with van der Waals surface area (Å²) < 4.78 is 13.6. The van der Waals surface area contributed by atoms with Crippen molar-refractivity contribution in [2.75, 3.05) is 26.2 Å². The van der Waals surface area contributed by atoms with Crippen LogP contribution in [-0.2, 0) is 22.6 Å². The van der Waals surface area contributed by atoms with E-state index in [9.17, 15) is 14.0 Å². The van der Waals surface area contributed by atoms with Gasteiger partial charge in [0.25, 0.3) is 5.91 Å². The van der Waals surface area contributed by atoms with Crippen molar-refractivity contribution in [3.05, 3.63) is 112 Å². The van der Waals surface area contributed by atoms with Gasteiger partial charge in [0.2, 0.25) is 5.91 Å². The average Bonchev–Trinajstić information content (AvgIpc) is 3.07. The van der Waals surface area contributed by atoms with Crippen molar-refractivity contribution in [2.24, 2.45) is 11.8 Å². The van der Waals surface area contributed by atoms with Crippen LogP contribution in [0.25, 0.3) is 6.08 Å². The van der Waals surface area contributed by atoms with E-state index >= 15 is 0 Å². The summed E-state index contributed by atoms with van der Waals surface area (Å²) in [5.41, 5.74) is 3.33. The number of halogens is 1. The summed E-state index contributed by atoms with van der Waals surface area (Å²) in [6, 6.07) is 27.1. The highest BCUT2D eigenvalue weighted by Crippen LogP contribution is 2.44. The van der Waals surface area contributed by atoms with Gasteiger partial charge in [-0.05, 0) is 105 Å². The number of benzene rings is 3. The maximum Gasteiger partial charge on any atom is 0.260 e. The largest absolute Gasteiger partial charge is 0.356 e. The zero-order valence-electron chi connectivity index (χ0n) is 26.0. The molecular weight excluding hydrogens is 582 g/mol. The molecule has 2 amide bonds. The average molecular weight is 626 g/mol. The van der Waals surface area contributed by atoms with Crippen molar-refractivity contribution < 1.29 is 14.0 Å². The fraction of sp³-hybridized carbons (Fsp3) is 0.421. The van der Waals surface area contributed by atoms with Gasteiger partial charge in [-0.3, -0.25) is 9.59 Å². The first-order valence-corrected chi connectivity index (χ1v) is 17.4. The molecule has 3 aliphatic rings. The number of fused-ring (bicyclic) bond motifs is 1. The monoisotopic (exact) mass is 625 g/mol. The van der Waals surface area contributed by atoms with Gasteiger partial charge in [0.1, 0.15) is 5.82 Å². The van der Waals surface area contributed by atoms with Crippen LogP contribution in [0.5, 0.6) is 0 Å². The van der Waals surface area contributed by atoms with E-state index in [-0.39, 0.29) is 34.8 Å². The van der Waals surface area contributed by atoms with E-state index < -0.39 is 0 Å². The summed E-state index contributed by atoms with van der Waals surface area (Å²) >= 11 is 1.66. The predicted octanol–water partition coefficient (Wildman–Crippen LogP) is 6.94. The van der Waals surface area contributed by atoms with Crippen LogP contribution in [0.1, 0.15) is 55.2 Å². The lowest BCUT2D eigenvalue weighted by Gasteiger charge is -2.46. The Kier molecular flexibility index (Phi) is 10.7. The van der Waals surface area contributed by atoms with Gasteiger partial charge >= 0.3 is 0 Å². The molecule has 0 bridgehead atoms. The molecule has 0 aromatic heterocycles. The van der Waals surface area contributed by atoms with E-state index in [0.29, 0.717) is 19.5 Å². The topological polar surface area (TPSA) is 52.7 Å². The molecule has 3 aromatic carbocycles. The first kappa shape index (κ1) is 31.6. The molecule has 0 spiro atoms. The predicted molar refractivity (Wildman–Crippen MR) is 181 cm³/mol. The molecular formula is C38H44FN3O2S. The molecule has 236 valence electrons. The summed E-state index contributed by atoms with van der Waals surface area (Å²) in [4.78, 5) is 32.4. The van der Waals surface area contributed by atoms with Gasteiger partial charge in [-0.2, -0.15) is 0 Å². The smallest absolute Gasteiger partial charge is 0.260 e. The van der Waals surface area contributed by atoms with Crippen LogP contribution in [0.3, 0.4) is 0 Å². The minimum atomic E-state index is -0.288. The van der Waals surface area contributed by atoms with E-state index in [2.05, 4.69) is 40.5 Å². The first-order valence-electron chi connectivity index (χ1n) is 16.5. The summed E-state index contributed by atoms with van der Waals surface area (Å²) in [5, 5.41) is 3.45. The molecule has 2 heterocycles. The van der Waals surface area contributed by atoms with Gasteiger partial charge in [0, 0.05) is 30.3 Å². The molecule has 2 aliphatic heterocycles. The quantitative estimate of drug-likeness (QED) is 0.196. The number of carbonyl (C=O) groups excluding carboxylic acids is 2. The second kappa shape index (κ2) is 15.2. The number of nitrogens with one attached hydrogen (secondary N) is 1. The normalized spacial score (nSPS) is 23.6. The summed E-state index contributed by atoms with van der Waals surface area (Å²) in [6.07, 6.45) is 8.93. The van der Waals surface area contributed by atoms with Gasteiger partial charge < -0.3 is 15.1 Å². The van der Waals surface area contributed by atoms with Crippen molar-refractivity contribution in [1.82, 2.24) is 15.1 Å².